The third-order valence-electron chi connectivity index (χ3n) is 1.89. The van der Waals surface area contributed by atoms with E-state index in [1.54, 1.807) is 0 Å². The van der Waals surface area contributed by atoms with Gasteiger partial charge in [0.15, 0.2) is 0 Å². The molecule has 10 heavy (non-hydrogen) atoms. The Hall–Kier alpha value is -0.0400. The van der Waals surface area contributed by atoms with Crippen molar-refractivity contribution in [2.45, 2.75) is 39.5 Å². The standard InChI is InChI=1S/C9H21N/c1-4-6-9(7-5-2)8-10-3/h9-10H,4-8H2,1-3H3. The van der Waals surface area contributed by atoms with Crippen molar-refractivity contribution in [3.8, 4) is 0 Å². The van der Waals surface area contributed by atoms with Crippen molar-refractivity contribution in [3.05, 3.63) is 0 Å². The Kier molecular flexibility index (Phi) is 7.04. The van der Waals surface area contributed by atoms with Gasteiger partial charge in [0.1, 0.15) is 0 Å². The molecule has 0 radical (unpaired) electrons. The Bertz CT molecular complexity index is 47.5. The molecule has 0 aromatic heterocycles. The summed E-state index contributed by atoms with van der Waals surface area (Å²) in [4.78, 5) is 0. The molecule has 0 heterocycles. The molecule has 0 atom stereocenters. The number of hydrogen-bond donors (Lipinski definition) is 1. The Labute approximate surface area is 65.2 Å². The van der Waals surface area contributed by atoms with Gasteiger partial charge in [0.25, 0.3) is 0 Å². The van der Waals surface area contributed by atoms with E-state index in [1.165, 1.54) is 32.2 Å². The van der Waals surface area contributed by atoms with Crippen molar-refractivity contribution in [1.29, 1.82) is 0 Å². The van der Waals surface area contributed by atoms with Crippen LogP contribution in [0.25, 0.3) is 0 Å². The topological polar surface area (TPSA) is 12.0 Å². The SMILES string of the molecule is CCCC(CCC)CNC. The summed E-state index contributed by atoms with van der Waals surface area (Å²) in [5.41, 5.74) is 0. The summed E-state index contributed by atoms with van der Waals surface area (Å²) in [6.45, 7) is 5.72. The van der Waals surface area contributed by atoms with Gasteiger partial charge in [0, 0.05) is 0 Å². The zero-order chi connectivity index (χ0) is 7.82. The first-order valence-electron chi connectivity index (χ1n) is 4.49. The van der Waals surface area contributed by atoms with Gasteiger partial charge in [-0.2, -0.15) is 0 Å². The molecule has 0 amide bonds. The predicted octanol–water partition coefficient (Wildman–Crippen LogP) is 2.42. The van der Waals surface area contributed by atoms with Gasteiger partial charge in [-0.05, 0) is 32.4 Å². The van der Waals surface area contributed by atoms with Crippen LogP contribution < -0.4 is 5.32 Å². The van der Waals surface area contributed by atoms with Gasteiger partial charge in [-0.15, -0.1) is 0 Å². The molecule has 1 nitrogen and oxygen atoms in total. The molecule has 0 aliphatic carbocycles. The lowest BCUT2D eigenvalue weighted by molar-refractivity contribution is 0.424. The second-order valence-corrected chi connectivity index (χ2v) is 3.00. The van der Waals surface area contributed by atoms with E-state index in [0.717, 1.165) is 5.92 Å². The Morgan fingerprint density at radius 2 is 1.60 bits per heavy atom. The Balaban J connectivity index is 3.30. The molecule has 62 valence electrons. The normalized spacial score (nSPS) is 10.8. The maximum Gasteiger partial charge on any atom is -0.00235 e. The third kappa shape index (κ3) is 4.80. The molecular formula is C9H21N. The van der Waals surface area contributed by atoms with E-state index in [9.17, 15) is 0 Å². The van der Waals surface area contributed by atoms with Gasteiger partial charge in [-0.1, -0.05) is 26.7 Å². The van der Waals surface area contributed by atoms with Gasteiger partial charge >= 0.3 is 0 Å². The van der Waals surface area contributed by atoms with Crippen LogP contribution in [0.2, 0.25) is 0 Å². The molecule has 0 aliphatic heterocycles. The Morgan fingerprint density at radius 3 is 1.90 bits per heavy atom. The van der Waals surface area contributed by atoms with Crippen LogP contribution >= 0.6 is 0 Å². The molecule has 0 saturated carbocycles. The van der Waals surface area contributed by atoms with E-state index in [1.807, 2.05) is 7.05 Å². The highest BCUT2D eigenvalue weighted by Gasteiger charge is 2.03. The lowest BCUT2D eigenvalue weighted by Gasteiger charge is -2.13. The van der Waals surface area contributed by atoms with Crippen LogP contribution in [0.3, 0.4) is 0 Å². The fourth-order valence-electron chi connectivity index (χ4n) is 1.45. The van der Waals surface area contributed by atoms with Gasteiger partial charge in [0.05, 0.1) is 0 Å². The lowest BCUT2D eigenvalue weighted by Crippen LogP contribution is -2.18. The fourth-order valence-corrected chi connectivity index (χ4v) is 1.45. The average Bonchev–Trinajstić information content (AvgIpc) is 1.90. The number of rotatable bonds is 6. The fraction of sp³-hybridized carbons (Fsp3) is 1.00. The first-order valence-corrected chi connectivity index (χ1v) is 4.49. The summed E-state index contributed by atoms with van der Waals surface area (Å²) in [6.07, 6.45) is 5.42. The van der Waals surface area contributed by atoms with Crippen molar-refractivity contribution < 1.29 is 0 Å². The summed E-state index contributed by atoms with van der Waals surface area (Å²) in [6, 6.07) is 0. The van der Waals surface area contributed by atoms with Crippen molar-refractivity contribution in [2.75, 3.05) is 13.6 Å². The molecule has 1 heteroatoms. The van der Waals surface area contributed by atoms with Gasteiger partial charge in [0.2, 0.25) is 0 Å². The van der Waals surface area contributed by atoms with Crippen molar-refractivity contribution >= 4 is 0 Å². The van der Waals surface area contributed by atoms with E-state index in [4.69, 9.17) is 0 Å². The van der Waals surface area contributed by atoms with E-state index >= 15 is 0 Å². The van der Waals surface area contributed by atoms with E-state index in [0.29, 0.717) is 0 Å². The molecule has 1 N–H and O–H groups in total. The maximum absolute atomic E-state index is 3.24. The van der Waals surface area contributed by atoms with Crippen molar-refractivity contribution in [2.24, 2.45) is 5.92 Å². The highest BCUT2D eigenvalue weighted by Crippen LogP contribution is 2.11. The second kappa shape index (κ2) is 7.07. The number of hydrogen-bond acceptors (Lipinski definition) is 1. The quantitative estimate of drug-likeness (QED) is 0.602. The van der Waals surface area contributed by atoms with Gasteiger partial charge < -0.3 is 5.32 Å². The summed E-state index contributed by atoms with van der Waals surface area (Å²) >= 11 is 0. The summed E-state index contributed by atoms with van der Waals surface area (Å²) in [7, 11) is 2.04. The molecule has 0 bridgehead atoms. The predicted molar refractivity (Wildman–Crippen MR) is 47.2 cm³/mol. The molecule has 0 aromatic carbocycles. The largest absolute Gasteiger partial charge is 0.319 e. The lowest BCUT2D eigenvalue weighted by atomic mass is 9.98. The van der Waals surface area contributed by atoms with Crippen molar-refractivity contribution in [3.63, 3.8) is 0 Å². The highest BCUT2D eigenvalue weighted by atomic mass is 14.8. The van der Waals surface area contributed by atoms with Crippen LogP contribution in [0, 0.1) is 5.92 Å². The summed E-state index contributed by atoms with van der Waals surface area (Å²) < 4.78 is 0. The van der Waals surface area contributed by atoms with E-state index in [2.05, 4.69) is 19.2 Å². The molecular weight excluding hydrogens is 122 g/mol. The maximum atomic E-state index is 3.24. The smallest absolute Gasteiger partial charge is 0.00235 e. The van der Waals surface area contributed by atoms with Crippen LogP contribution in [-0.2, 0) is 0 Å². The minimum atomic E-state index is 0.917. The first kappa shape index (κ1) is 9.96. The van der Waals surface area contributed by atoms with E-state index in [-0.39, 0.29) is 0 Å². The monoisotopic (exact) mass is 143 g/mol. The highest BCUT2D eigenvalue weighted by molar-refractivity contribution is 4.59. The average molecular weight is 143 g/mol. The molecule has 0 aromatic rings. The molecule has 0 saturated heterocycles. The first-order chi connectivity index (χ1) is 4.85. The zero-order valence-corrected chi connectivity index (χ0v) is 7.61. The third-order valence-corrected chi connectivity index (χ3v) is 1.89. The van der Waals surface area contributed by atoms with Crippen LogP contribution in [-0.4, -0.2) is 13.6 Å². The molecule has 0 unspecified atom stereocenters. The zero-order valence-electron chi connectivity index (χ0n) is 7.61. The van der Waals surface area contributed by atoms with Crippen LogP contribution in [0.4, 0.5) is 0 Å². The summed E-state index contributed by atoms with van der Waals surface area (Å²) in [5, 5.41) is 3.24. The van der Waals surface area contributed by atoms with E-state index < -0.39 is 0 Å². The second-order valence-electron chi connectivity index (χ2n) is 3.00. The molecule has 0 spiro atoms. The van der Waals surface area contributed by atoms with Crippen LogP contribution in [0.5, 0.6) is 0 Å². The van der Waals surface area contributed by atoms with Gasteiger partial charge in [-0.3, -0.25) is 0 Å². The molecule has 0 rings (SSSR count). The van der Waals surface area contributed by atoms with Crippen LogP contribution in [0.15, 0.2) is 0 Å². The van der Waals surface area contributed by atoms with Gasteiger partial charge in [-0.25, -0.2) is 0 Å². The minimum Gasteiger partial charge on any atom is -0.319 e. The Morgan fingerprint density at radius 1 is 1.10 bits per heavy atom. The summed E-state index contributed by atoms with van der Waals surface area (Å²) in [5.74, 6) is 0.917. The minimum absolute atomic E-state index is 0.917. The number of nitrogens with one attached hydrogen (secondary N) is 1. The van der Waals surface area contributed by atoms with Crippen LogP contribution in [0.1, 0.15) is 39.5 Å². The molecule has 0 fully saturated rings. The molecule has 0 aliphatic rings. The van der Waals surface area contributed by atoms with Crippen molar-refractivity contribution in [1.82, 2.24) is 5.32 Å².